The topological polar surface area (TPSA) is 98.5 Å². The zero-order valence-electron chi connectivity index (χ0n) is 18.9. The minimum Gasteiger partial charge on any atom is -0.473 e. The Morgan fingerprint density at radius 1 is 1.18 bits per heavy atom. The van der Waals surface area contributed by atoms with Crippen LogP contribution in [-0.4, -0.2) is 45.9 Å². The standard InChI is InChI=1S/C23H29N7O2.HI/c1-24-23(27-19-10-11-21-28-20(16-31-2)29-30(21)14-19)26-13-18-9-6-12-25-22(18)32-15-17-7-4-3-5-8-17;/h3-9,12,19H,10-11,13-16H2,1-2H3,(H2,24,26,27);1H. The van der Waals surface area contributed by atoms with E-state index >= 15 is 0 Å². The number of nitrogens with zero attached hydrogens (tertiary/aromatic N) is 5. The molecule has 0 radical (unpaired) electrons. The molecule has 3 heterocycles. The maximum atomic E-state index is 5.96. The van der Waals surface area contributed by atoms with Crippen LogP contribution in [0.4, 0.5) is 0 Å². The predicted octanol–water partition coefficient (Wildman–Crippen LogP) is 2.70. The molecule has 0 spiro atoms. The molecule has 1 unspecified atom stereocenters. The second kappa shape index (κ2) is 12.5. The zero-order valence-corrected chi connectivity index (χ0v) is 21.2. The molecule has 10 heteroatoms. The van der Waals surface area contributed by atoms with Crippen LogP contribution in [-0.2, 0) is 37.5 Å². The molecule has 2 aromatic heterocycles. The van der Waals surface area contributed by atoms with Crippen LogP contribution in [0.25, 0.3) is 0 Å². The average Bonchev–Trinajstić information content (AvgIpc) is 3.23. The van der Waals surface area contributed by atoms with Gasteiger partial charge in [0, 0.05) is 44.9 Å². The number of guanidine groups is 1. The number of aromatic nitrogens is 4. The fourth-order valence-corrected chi connectivity index (χ4v) is 3.65. The molecule has 2 N–H and O–H groups in total. The number of halogens is 1. The van der Waals surface area contributed by atoms with Crippen LogP contribution in [0.15, 0.2) is 53.7 Å². The molecule has 33 heavy (non-hydrogen) atoms. The highest BCUT2D eigenvalue weighted by atomic mass is 127. The van der Waals surface area contributed by atoms with E-state index in [4.69, 9.17) is 9.47 Å². The Bertz CT molecular complexity index is 1040. The molecule has 176 valence electrons. The summed E-state index contributed by atoms with van der Waals surface area (Å²) in [5.74, 6) is 3.09. The van der Waals surface area contributed by atoms with Crippen LogP contribution in [0.5, 0.6) is 5.88 Å². The molecule has 4 rings (SSSR count). The van der Waals surface area contributed by atoms with E-state index in [2.05, 4.69) is 30.7 Å². The summed E-state index contributed by atoms with van der Waals surface area (Å²) >= 11 is 0. The van der Waals surface area contributed by atoms with E-state index < -0.39 is 0 Å². The summed E-state index contributed by atoms with van der Waals surface area (Å²) in [5, 5.41) is 11.4. The van der Waals surface area contributed by atoms with Gasteiger partial charge in [-0.25, -0.2) is 14.6 Å². The van der Waals surface area contributed by atoms with Gasteiger partial charge in [-0.2, -0.15) is 5.10 Å². The summed E-state index contributed by atoms with van der Waals surface area (Å²) in [6.07, 6.45) is 3.57. The fraction of sp³-hybridized carbons (Fsp3) is 0.391. The van der Waals surface area contributed by atoms with E-state index in [-0.39, 0.29) is 30.0 Å². The van der Waals surface area contributed by atoms with Crippen molar-refractivity contribution < 1.29 is 9.47 Å². The van der Waals surface area contributed by atoms with Crippen molar-refractivity contribution in [3.05, 3.63) is 71.4 Å². The van der Waals surface area contributed by atoms with E-state index in [9.17, 15) is 0 Å². The van der Waals surface area contributed by atoms with Gasteiger partial charge in [0.15, 0.2) is 11.8 Å². The minimum absolute atomic E-state index is 0. The molecule has 9 nitrogen and oxygen atoms in total. The molecular formula is C23H30IN7O2. The van der Waals surface area contributed by atoms with Gasteiger partial charge in [0.2, 0.25) is 5.88 Å². The third-order valence-electron chi connectivity index (χ3n) is 5.25. The molecule has 1 aliphatic heterocycles. The highest BCUT2D eigenvalue weighted by Crippen LogP contribution is 2.16. The lowest BCUT2D eigenvalue weighted by molar-refractivity contribution is 0.177. The molecule has 0 saturated carbocycles. The fourth-order valence-electron chi connectivity index (χ4n) is 3.65. The molecule has 0 bridgehead atoms. The lowest BCUT2D eigenvalue weighted by atomic mass is 10.1. The van der Waals surface area contributed by atoms with E-state index in [1.54, 1.807) is 20.4 Å². The summed E-state index contributed by atoms with van der Waals surface area (Å²) in [6.45, 7) is 2.20. The van der Waals surface area contributed by atoms with E-state index in [1.165, 1.54) is 0 Å². The molecular weight excluding hydrogens is 533 g/mol. The van der Waals surface area contributed by atoms with Gasteiger partial charge in [-0.05, 0) is 18.1 Å². The first-order chi connectivity index (χ1) is 15.7. The van der Waals surface area contributed by atoms with Crippen molar-refractivity contribution in [2.75, 3.05) is 14.2 Å². The second-order valence-electron chi connectivity index (χ2n) is 7.61. The smallest absolute Gasteiger partial charge is 0.218 e. The van der Waals surface area contributed by atoms with Crippen molar-refractivity contribution in [1.29, 1.82) is 0 Å². The van der Waals surface area contributed by atoms with Crippen molar-refractivity contribution in [2.45, 2.75) is 45.2 Å². The Balaban J connectivity index is 0.00000306. The van der Waals surface area contributed by atoms with Crippen LogP contribution < -0.4 is 15.4 Å². The quantitative estimate of drug-likeness (QED) is 0.247. The van der Waals surface area contributed by atoms with Crippen molar-refractivity contribution in [3.8, 4) is 5.88 Å². The lowest BCUT2D eigenvalue weighted by Gasteiger charge is -2.25. The SMILES string of the molecule is CN=C(NCc1cccnc1OCc1ccccc1)NC1CCc2nc(COC)nn2C1.I. The Kier molecular flexibility index (Phi) is 9.43. The molecule has 1 aliphatic rings. The normalized spacial score (nSPS) is 15.3. The first-order valence-corrected chi connectivity index (χ1v) is 10.7. The number of aliphatic imine (C=N–C) groups is 1. The summed E-state index contributed by atoms with van der Waals surface area (Å²) < 4.78 is 13.1. The van der Waals surface area contributed by atoms with Gasteiger partial charge in [0.25, 0.3) is 0 Å². The highest BCUT2D eigenvalue weighted by Gasteiger charge is 2.22. The summed E-state index contributed by atoms with van der Waals surface area (Å²) in [6, 6.07) is 14.2. The first-order valence-electron chi connectivity index (χ1n) is 10.7. The number of hydrogen-bond donors (Lipinski definition) is 2. The molecule has 1 atom stereocenters. The number of hydrogen-bond acceptors (Lipinski definition) is 6. The monoisotopic (exact) mass is 563 g/mol. The van der Waals surface area contributed by atoms with Crippen molar-refractivity contribution in [2.24, 2.45) is 4.99 Å². The Morgan fingerprint density at radius 3 is 2.82 bits per heavy atom. The van der Waals surface area contributed by atoms with Crippen LogP contribution in [0, 0.1) is 0 Å². The second-order valence-corrected chi connectivity index (χ2v) is 7.61. The van der Waals surface area contributed by atoms with Gasteiger partial charge in [0.05, 0.1) is 6.54 Å². The Labute approximate surface area is 211 Å². The molecule has 3 aromatic rings. The first kappa shape index (κ1) is 24.9. The largest absolute Gasteiger partial charge is 0.473 e. The van der Waals surface area contributed by atoms with Gasteiger partial charge in [-0.1, -0.05) is 36.4 Å². The van der Waals surface area contributed by atoms with Gasteiger partial charge in [-0.3, -0.25) is 4.99 Å². The van der Waals surface area contributed by atoms with Crippen molar-refractivity contribution in [1.82, 2.24) is 30.4 Å². The van der Waals surface area contributed by atoms with Gasteiger partial charge in [0.1, 0.15) is 19.0 Å². The molecule has 0 saturated heterocycles. The zero-order chi connectivity index (χ0) is 22.2. The van der Waals surface area contributed by atoms with Crippen LogP contribution in [0.3, 0.4) is 0 Å². The number of methoxy groups -OCH3 is 1. The molecule has 1 aromatic carbocycles. The van der Waals surface area contributed by atoms with Gasteiger partial charge in [-0.15, -0.1) is 24.0 Å². The van der Waals surface area contributed by atoms with E-state index in [0.29, 0.717) is 25.6 Å². The summed E-state index contributed by atoms with van der Waals surface area (Å²) in [4.78, 5) is 13.3. The van der Waals surface area contributed by atoms with Gasteiger partial charge < -0.3 is 20.1 Å². The summed E-state index contributed by atoms with van der Waals surface area (Å²) in [5.41, 5.74) is 2.07. The van der Waals surface area contributed by atoms with Crippen LogP contribution in [0.2, 0.25) is 0 Å². The van der Waals surface area contributed by atoms with E-state index in [0.717, 1.165) is 48.1 Å². The summed E-state index contributed by atoms with van der Waals surface area (Å²) in [7, 11) is 3.42. The van der Waals surface area contributed by atoms with Crippen molar-refractivity contribution >= 4 is 29.9 Å². The van der Waals surface area contributed by atoms with Crippen LogP contribution in [0.1, 0.15) is 29.2 Å². The third kappa shape index (κ3) is 6.87. The maximum Gasteiger partial charge on any atom is 0.218 e. The minimum atomic E-state index is 0. The number of ether oxygens (including phenoxy) is 2. The third-order valence-corrected chi connectivity index (χ3v) is 5.25. The number of pyridine rings is 1. The number of benzene rings is 1. The van der Waals surface area contributed by atoms with E-state index in [1.807, 2.05) is 47.1 Å². The molecule has 0 aliphatic carbocycles. The number of nitrogens with one attached hydrogen (secondary N) is 2. The number of aryl methyl sites for hydroxylation is 1. The van der Waals surface area contributed by atoms with Crippen LogP contribution >= 0.6 is 24.0 Å². The molecule has 0 fully saturated rings. The highest BCUT2D eigenvalue weighted by molar-refractivity contribution is 14.0. The van der Waals surface area contributed by atoms with Gasteiger partial charge >= 0.3 is 0 Å². The Morgan fingerprint density at radius 2 is 2.03 bits per heavy atom. The number of fused-ring (bicyclic) bond motifs is 1. The predicted molar refractivity (Wildman–Crippen MR) is 137 cm³/mol. The lowest BCUT2D eigenvalue weighted by Crippen LogP contribution is -2.46. The maximum absolute atomic E-state index is 5.96. The molecule has 0 amide bonds. The average molecular weight is 563 g/mol. The number of rotatable bonds is 8. The van der Waals surface area contributed by atoms with Crippen molar-refractivity contribution in [3.63, 3.8) is 0 Å². The Hall–Kier alpha value is -2.73.